The molecule has 0 radical (unpaired) electrons. The van der Waals surface area contributed by atoms with Gasteiger partial charge in [0.05, 0.1) is 17.4 Å². The Labute approximate surface area is 406 Å². The summed E-state index contributed by atoms with van der Waals surface area (Å²) < 4.78 is 1.73. The number of piperazine rings is 1. The van der Waals surface area contributed by atoms with E-state index in [1.807, 2.05) is 32.2 Å². The third-order valence-electron chi connectivity index (χ3n) is 15.0. The predicted molar refractivity (Wildman–Crippen MR) is 271 cm³/mol. The molecule has 0 bridgehead atoms. The number of carbonyl (C=O) groups is 4. The number of hydrogen-bond acceptors (Lipinski definition) is 12. The molecule has 9 rings (SSSR count). The van der Waals surface area contributed by atoms with E-state index < -0.39 is 0 Å². The first kappa shape index (κ1) is 49.3. The second-order valence-corrected chi connectivity index (χ2v) is 20.3. The van der Waals surface area contributed by atoms with Crippen molar-refractivity contribution in [1.29, 1.82) is 0 Å². The molecule has 4 fully saturated rings. The van der Waals surface area contributed by atoms with Crippen LogP contribution in [0.3, 0.4) is 0 Å². The van der Waals surface area contributed by atoms with Crippen LogP contribution in [-0.2, 0) is 29.1 Å². The van der Waals surface area contributed by atoms with Gasteiger partial charge in [-0.15, -0.1) is 0 Å². The lowest BCUT2D eigenvalue weighted by Gasteiger charge is -2.46. The van der Waals surface area contributed by atoms with Crippen LogP contribution in [0.1, 0.15) is 153 Å². The number of nitrogens with one attached hydrogen (secondary N) is 2. The van der Waals surface area contributed by atoms with Crippen molar-refractivity contribution in [3.05, 3.63) is 116 Å². The zero-order valence-corrected chi connectivity index (χ0v) is 41.6. The number of ketones is 2. The maximum absolute atomic E-state index is 13.6. The van der Waals surface area contributed by atoms with Crippen molar-refractivity contribution in [3.63, 3.8) is 0 Å². The number of carbonyl (C=O) groups excluding carboxylic acids is 4. The molecular weight excluding hydrogens is 867 g/mol. The summed E-state index contributed by atoms with van der Waals surface area (Å²) in [6.07, 6.45) is 11.8. The van der Waals surface area contributed by atoms with E-state index in [2.05, 4.69) is 93.6 Å². The Bertz CT molecular complexity index is 2750. The number of rotatable bonds is 12. The Kier molecular flexibility index (Phi) is 15.2. The molecule has 2 atom stereocenters. The van der Waals surface area contributed by atoms with Crippen molar-refractivity contribution in [1.82, 2.24) is 34.6 Å². The minimum Gasteiger partial charge on any atom is -0.368 e. The second-order valence-electron chi connectivity index (χ2n) is 20.3. The summed E-state index contributed by atoms with van der Waals surface area (Å²) in [5, 5.41) is 6.23. The molecule has 2 unspecified atom stereocenters. The van der Waals surface area contributed by atoms with Gasteiger partial charge in [-0.05, 0) is 126 Å². The molecule has 2 N–H and O–H groups in total. The number of imide groups is 1. The summed E-state index contributed by atoms with van der Waals surface area (Å²) in [5.74, 6) is 1.17. The highest BCUT2D eigenvalue weighted by atomic mass is 16.2. The number of Topliss-reactive ketones (excluding diaryl/α,β-unsaturated/α-hetero) is 2. The van der Waals surface area contributed by atoms with Crippen molar-refractivity contribution in [2.24, 2.45) is 5.92 Å². The van der Waals surface area contributed by atoms with E-state index in [1.54, 1.807) is 17.7 Å². The van der Waals surface area contributed by atoms with E-state index in [4.69, 9.17) is 9.97 Å². The molecule has 69 heavy (non-hydrogen) atoms. The fourth-order valence-corrected chi connectivity index (χ4v) is 10.8. The molecule has 2 aromatic carbocycles. The van der Waals surface area contributed by atoms with Gasteiger partial charge in [-0.25, -0.2) is 9.97 Å². The highest BCUT2D eigenvalue weighted by molar-refractivity contribution is 6.00. The molecule has 3 aromatic heterocycles. The first-order valence-corrected chi connectivity index (χ1v) is 25.0. The van der Waals surface area contributed by atoms with Gasteiger partial charge in [0.25, 0.3) is 5.56 Å². The summed E-state index contributed by atoms with van der Waals surface area (Å²) >= 11 is 0. The quantitative estimate of drug-likeness (QED) is 0.0904. The van der Waals surface area contributed by atoms with Crippen LogP contribution in [0.2, 0.25) is 0 Å². The minimum absolute atomic E-state index is 0.0164. The second kappa shape index (κ2) is 21.3. The summed E-state index contributed by atoms with van der Waals surface area (Å²) in [7, 11) is 0. The molecule has 6 heterocycles. The average Bonchev–Trinajstić information content (AvgIpc) is 3.86. The highest BCUT2D eigenvalue weighted by Gasteiger charge is 2.36. The van der Waals surface area contributed by atoms with E-state index in [0.29, 0.717) is 41.7 Å². The zero-order valence-electron chi connectivity index (χ0n) is 41.6. The zero-order chi connectivity index (χ0) is 49.0. The van der Waals surface area contributed by atoms with Crippen LogP contribution in [0.15, 0.2) is 71.8 Å². The van der Waals surface area contributed by atoms with Gasteiger partial charge in [0.1, 0.15) is 11.5 Å². The minimum atomic E-state index is -0.256. The van der Waals surface area contributed by atoms with Crippen LogP contribution >= 0.6 is 0 Å². The number of likely N-dealkylation sites (tertiary alicyclic amines) is 1. The van der Waals surface area contributed by atoms with Crippen molar-refractivity contribution in [2.45, 2.75) is 137 Å². The molecule has 14 heteroatoms. The van der Waals surface area contributed by atoms with Gasteiger partial charge in [-0.2, -0.15) is 4.98 Å². The first-order chi connectivity index (χ1) is 33.1. The van der Waals surface area contributed by atoms with E-state index in [9.17, 15) is 24.0 Å². The normalized spacial score (nSPS) is 20.1. The van der Waals surface area contributed by atoms with Gasteiger partial charge in [0, 0.05) is 80.3 Å². The fourth-order valence-electron chi connectivity index (χ4n) is 10.8. The average molecular weight is 936 g/mol. The first-order valence-electron chi connectivity index (χ1n) is 25.0. The summed E-state index contributed by atoms with van der Waals surface area (Å²) in [4.78, 5) is 81.0. The predicted octanol–water partition coefficient (Wildman–Crippen LogP) is 8.86. The molecular formula is C55H69N9O5. The molecule has 1 aliphatic carbocycles. The summed E-state index contributed by atoms with van der Waals surface area (Å²) in [6, 6.07) is 19.8. The van der Waals surface area contributed by atoms with Crippen LogP contribution in [-0.4, -0.2) is 91.0 Å². The molecule has 364 valence electrons. The number of piperidine rings is 2. The van der Waals surface area contributed by atoms with Gasteiger partial charge < -0.3 is 10.2 Å². The fraction of sp³-hybridized carbons (Fsp3) is 0.491. The van der Waals surface area contributed by atoms with E-state index >= 15 is 0 Å². The highest BCUT2D eigenvalue weighted by Crippen LogP contribution is 2.39. The number of amides is 2. The van der Waals surface area contributed by atoms with Gasteiger partial charge >= 0.3 is 0 Å². The lowest BCUT2D eigenvalue weighted by Crippen LogP contribution is -2.48. The summed E-state index contributed by atoms with van der Waals surface area (Å²) in [5.41, 5.74) is 8.44. The number of fused-ring (bicyclic) bond motifs is 1. The van der Waals surface area contributed by atoms with E-state index in [1.165, 1.54) is 29.2 Å². The molecule has 14 nitrogen and oxygen atoms in total. The third kappa shape index (κ3) is 11.3. The Morgan fingerprint density at radius 3 is 2.14 bits per heavy atom. The van der Waals surface area contributed by atoms with E-state index in [-0.39, 0.29) is 52.0 Å². The Morgan fingerprint density at radius 1 is 0.826 bits per heavy atom. The van der Waals surface area contributed by atoms with Crippen LogP contribution in [0, 0.1) is 12.8 Å². The van der Waals surface area contributed by atoms with Crippen LogP contribution in [0.25, 0.3) is 11.0 Å². The molecule has 3 aliphatic heterocycles. The molecule has 2 amide bonds. The van der Waals surface area contributed by atoms with Crippen molar-refractivity contribution >= 4 is 51.9 Å². The number of aromatic nitrogens is 4. The molecule has 0 spiro atoms. The number of benzene rings is 2. The van der Waals surface area contributed by atoms with Crippen LogP contribution in [0.4, 0.5) is 17.5 Å². The largest absolute Gasteiger partial charge is 0.368 e. The Hall–Kier alpha value is -6.12. The van der Waals surface area contributed by atoms with Gasteiger partial charge in [-0.3, -0.25) is 43.7 Å². The van der Waals surface area contributed by atoms with Gasteiger partial charge in [0.15, 0.2) is 11.6 Å². The van der Waals surface area contributed by atoms with Crippen molar-refractivity contribution in [2.75, 3.05) is 42.9 Å². The number of pyridine rings is 2. The Balaban J connectivity index is 0.000000641. The molecule has 3 saturated heterocycles. The van der Waals surface area contributed by atoms with E-state index in [0.717, 1.165) is 107 Å². The van der Waals surface area contributed by atoms with Gasteiger partial charge in [-0.1, -0.05) is 69.2 Å². The summed E-state index contributed by atoms with van der Waals surface area (Å²) in [6.45, 7) is 20.4. The molecule has 4 aliphatic rings. The van der Waals surface area contributed by atoms with Crippen LogP contribution in [0.5, 0.6) is 0 Å². The van der Waals surface area contributed by atoms with Crippen molar-refractivity contribution < 1.29 is 19.2 Å². The lowest BCUT2D eigenvalue weighted by atomic mass is 9.78. The SMILES string of the molecule is CC1CCC(=O)NC1=O.CCc1cc(C2CCN(Cc3ccc(CN4CCN(c5ccc(Nc6ncc7c(C)c(C(C)=O)c(=O)n(C8CCCC8)c7n6)nc5)CC4)cc3)C(C)(C)C2)ccc1C(C)=O. The van der Waals surface area contributed by atoms with Crippen LogP contribution < -0.4 is 21.1 Å². The van der Waals surface area contributed by atoms with Crippen molar-refractivity contribution in [3.8, 4) is 0 Å². The maximum atomic E-state index is 13.6. The number of nitrogens with zero attached hydrogens (tertiary/aromatic N) is 7. The standard InChI is InChI=1S/C49H60N8O3.C6H9NO2/c1-7-37-26-38(16-18-42(37)33(3)58)39-20-21-56(49(5,6)27-39)31-36-14-12-35(13-15-36)30-54-22-24-55(25-23-54)41-17-19-44(50-28-41)52-48-51-29-43-32(2)45(34(4)59)47(60)57(46(43)53-48)40-10-8-9-11-40;1-4-2-3-5(8)7-6(4)9/h12-19,26,28-29,39-40H,7-11,20-25,27,30-31H2,1-6H3,(H,50,51,52,53);4H,2-3H2,1H3,(H,7,8,9). The lowest BCUT2D eigenvalue weighted by molar-refractivity contribution is -0.135. The molecule has 1 saturated carbocycles. The topological polar surface area (TPSA) is 163 Å². The van der Waals surface area contributed by atoms with Gasteiger partial charge in [0.2, 0.25) is 17.8 Å². The number of anilines is 3. The third-order valence-corrected chi connectivity index (χ3v) is 15.0. The number of aryl methyl sites for hydroxylation is 2. The Morgan fingerprint density at radius 2 is 1.54 bits per heavy atom. The molecule has 5 aromatic rings. The monoisotopic (exact) mass is 936 g/mol. The maximum Gasteiger partial charge on any atom is 0.263 e. The smallest absolute Gasteiger partial charge is 0.263 e. The number of hydrogen-bond donors (Lipinski definition) is 2.